The number of benzene rings is 3. The van der Waals surface area contributed by atoms with Crippen LogP contribution in [0.5, 0.6) is 0 Å². The van der Waals surface area contributed by atoms with Crippen molar-refractivity contribution in [1.82, 2.24) is 3.30 Å². The van der Waals surface area contributed by atoms with Gasteiger partial charge in [0.1, 0.15) is 0 Å². The zero-order chi connectivity index (χ0) is 19.0. The van der Waals surface area contributed by atoms with E-state index in [-0.39, 0.29) is 30.7 Å². The molecule has 0 fully saturated rings. The molecule has 149 valence electrons. The second-order valence-electron chi connectivity index (χ2n) is 7.54. The van der Waals surface area contributed by atoms with E-state index >= 15 is 0 Å². The Balaban J connectivity index is 0.00000150. The number of carbonyl (C=O) groups is 1. The zero-order valence-corrected chi connectivity index (χ0v) is 23.0. The molecule has 0 saturated carbocycles. The third-order valence-electron chi connectivity index (χ3n) is 5.30. The van der Waals surface area contributed by atoms with Crippen LogP contribution in [0.2, 0.25) is 13.1 Å². The standard InChI is InChI=1S/C13H9.C8H9NO.C2H7Si.2ClH.Hf/c1-3-7-12-10(5-1)9-11-6-2-4-8-13(11)12;1-6-3-2-4-7(5-6)8(9)10;1-3-2;;;/h1-9H;2-5H,1H3,(H2,9,10);3H,1-2H3;2*1H;/q;;;;;+3/p-3. The van der Waals surface area contributed by atoms with Gasteiger partial charge in [0.25, 0.3) is 0 Å². The van der Waals surface area contributed by atoms with Gasteiger partial charge in [-0.1, -0.05) is 0 Å². The minimum atomic E-state index is -2.45. The fourth-order valence-electron chi connectivity index (χ4n) is 4.03. The summed E-state index contributed by atoms with van der Waals surface area (Å²) >= 11 is -2.45. The number of nitrogens with one attached hydrogen (secondary N) is 1. The van der Waals surface area contributed by atoms with Gasteiger partial charge in [-0.3, -0.25) is 0 Å². The van der Waals surface area contributed by atoms with E-state index in [9.17, 15) is 4.79 Å². The Morgan fingerprint density at radius 3 is 1.93 bits per heavy atom. The molecule has 0 spiro atoms. The first-order valence-electron chi connectivity index (χ1n) is 9.49. The van der Waals surface area contributed by atoms with E-state index in [1.807, 2.05) is 31.2 Å². The maximum atomic E-state index is 13.1. The number of rotatable bonds is 4. The molecule has 0 aromatic heterocycles. The van der Waals surface area contributed by atoms with Crippen LogP contribution in [0, 0.1) is 6.92 Å². The fraction of sp³-hybridized carbons (Fsp3) is 0.174. The van der Waals surface area contributed by atoms with Crippen LogP contribution in [0.3, 0.4) is 0 Å². The Kier molecular flexibility index (Phi) is 8.47. The van der Waals surface area contributed by atoms with E-state index in [1.54, 1.807) is 0 Å². The summed E-state index contributed by atoms with van der Waals surface area (Å²) in [6.07, 6.45) is 0. The number of fused-ring (bicyclic) bond motifs is 3. The van der Waals surface area contributed by atoms with Crippen molar-refractivity contribution in [2.75, 3.05) is 0 Å². The van der Waals surface area contributed by atoms with Gasteiger partial charge in [-0.15, -0.1) is 0 Å². The molecule has 0 atom stereocenters. The molecule has 0 saturated heterocycles. The topological polar surface area (TPSA) is 29.1 Å². The van der Waals surface area contributed by atoms with E-state index in [4.69, 9.17) is 0 Å². The molecule has 6 heteroatoms. The molecule has 1 aliphatic carbocycles. The number of aryl methyl sites for hydroxylation is 1. The SMILES string of the molecule is Cc1cccc(C(=O)[NH][Hf+2]([CH]2c3ccccc3-c3ccccc32)[SiH](C)C)c1.[Cl-].[Cl-]. The summed E-state index contributed by atoms with van der Waals surface area (Å²) in [6, 6.07) is 25.5. The molecule has 29 heavy (non-hydrogen) atoms. The minimum Gasteiger partial charge on any atom is -1.00 e. The second-order valence-corrected chi connectivity index (χ2v) is 33.6. The second kappa shape index (κ2) is 10.2. The molecule has 1 aliphatic rings. The van der Waals surface area contributed by atoms with Crippen molar-refractivity contribution in [2.45, 2.75) is 23.7 Å². The molecule has 0 bridgehead atoms. The van der Waals surface area contributed by atoms with Crippen LogP contribution in [0.4, 0.5) is 0 Å². The first-order valence-corrected chi connectivity index (χ1v) is 22.5. The monoisotopic (exact) mass is 608 g/mol. The van der Waals surface area contributed by atoms with Crippen LogP contribution < -0.4 is 28.1 Å². The van der Waals surface area contributed by atoms with Crippen LogP contribution in [-0.4, -0.2) is 11.9 Å². The third kappa shape index (κ3) is 4.77. The van der Waals surface area contributed by atoms with Gasteiger partial charge in [0, 0.05) is 0 Å². The van der Waals surface area contributed by atoms with Gasteiger partial charge in [0.15, 0.2) is 0 Å². The van der Waals surface area contributed by atoms with Gasteiger partial charge in [-0.25, -0.2) is 0 Å². The molecule has 0 aliphatic heterocycles. The first kappa shape index (κ1) is 24.1. The summed E-state index contributed by atoms with van der Waals surface area (Å²) in [6.45, 7) is 6.88. The van der Waals surface area contributed by atoms with Crippen molar-refractivity contribution < 1.29 is 50.5 Å². The molecule has 0 radical (unpaired) electrons. The Hall–Kier alpha value is -1.20. The molecule has 1 amide bonds. The van der Waals surface area contributed by atoms with E-state index in [0.29, 0.717) is 3.67 Å². The predicted octanol–water partition coefficient (Wildman–Crippen LogP) is -0.981. The van der Waals surface area contributed by atoms with Crippen molar-refractivity contribution in [3.63, 3.8) is 0 Å². The Morgan fingerprint density at radius 1 is 0.862 bits per heavy atom. The quantitative estimate of drug-likeness (QED) is 0.380. The molecule has 3 aromatic rings. The molecule has 1 N–H and O–H groups in total. The van der Waals surface area contributed by atoms with E-state index in [2.05, 4.69) is 64.9 Å². The van der Waals surface area contributed by atoms with E-state index in [1.165, 1.54) is 22.3 Å². The number of halogens is 2. The molecule has 4 rings (SSSR count). The molecular formula is C23H24Cl2HfNOSi. The summed E-state index contributed by atoms with van der Waals surface area (Å²) in [5.41, 5.74) is 7.53. The number of carbonyl (C=O) groups excluding carboxylic acids is 1. The molecule has 0 unspecified atom stereocenters. The van der Waals surface area contributed by atoms with Crippen LogP contribution in [0.1, 0.15) is 30.7 Å². The van der Waals surface area contributed by atoms with Gasteiger partial charge >= 0.3 is 171 Å². The van der Waals surface area contributed by atoms with Gasteiger partial charge in [0.2, 0.25) is 0 Å². The maximum Gasteiger partial charge on any atom is -1.00 e. The van der Waals surface area contributed by atoms with Crippen LogP contribution in [-0.2, 0) is 20.9 Å². The predicted molar refractivity (Wildman–Crippen MR) is 111 cm³/mol. The van der Waals surface area contributed by atoms with Crippen LogP contribution in [0.25, 0.3) is 11.1 Å². The number of hydrogen-bond donors (Lipinski definition) is 1. The van der Waals surface area contributed by atoms with Gasteiger partial charge < -0.3 is 24.8 Å². The third-order valence-corrected chi connectivity index (χ3v) is 30.2. The van der Waals surface area contributed by atoms with Gasteiger partial charge in [-0.2, -0.15) is 0 Å². The minimum absolute atomic E-state index is 0. The van der Waals surface area contributed by atoms with Crippen LogP contribution >= 0.6 is 0 Å². The Labute approximate surface area is 194 Å². The first-order chi connectivity index (χ1) is 13.1. The van der Waals surface area contributed by atoms with Crippen molar-refractivity contribution in [1.29, 1.82) is 0 Å². The van der Waals surface area contributed by atoms with Gasteiger partial charge in [-0.05, 0) is 0 Å². The summed E-state index contributed by atoms with van der Waals surface area (Å²) in [5, 5.41) is 0. The van der Waals surface area contributed by atoms with Gasteiger partial charge in [0.05, 0.1) is 0 Å². The van der Waals surface area contributed by atoms with E-state index in [0.717, 1.165) is 11.1 Å². The smallest absolute Gasteiger partial charge is 1.00 e. The van der Waals surface area contributed by atoms with E-state index < -0.39 is 26.9 Å². The molecule has 0 heterocycles. The number of hydrogen-bond acceptors (Lipinski definition) is 1. The summed E-state index contributed by atoms with van der Waals surface area (Å²) in [5.74, 6) is -0.839. The maximum absolute atomic E-state index is 13.1. The normalized spacial score (nSPS) is 11.7. The van der Waals surface area contributed by atoms with Crippen molar-refractivity contribution in [3.05, 3.63) is 95.1 Å². The largest absolute Gasteiger partial charge is 1.00 e. The Morgan fingerprint density at radius 2 is 1.41 bits per heavy atom. The molecular weight excluding hydrogens is 584 g/mol. The van der Waals surface area contributed by atoms with Crippen molar-refractivity contribution in [3.8, 4) is 11.1 Å². The molecule has 2 nitrogen and oxygen atoms in total. The summed E-state index contributed by atoms with van der Waals surface area (Å²) < 4.78 is 4.07. The Bertz CT molecular complexity index is 966. The molecule has 3 aromatic carbocycles. The van der Waals surface area contributed by atoms with Crippen LogP contribution in [0.15, 0.2) is 72.8 Å². The average molecular weight is 608 g/mol. The zero-order valence-electron chi connectivity index (χ0n) is 16.7. The fourth-order valence-corrected chi connectivity index (χ4v) is 25.5. The average Bonchev–Trinajstić information content (AvgIpc) is 3.00. The number of amides is 1. The summed E-state index contributed by atoms with van der Waals surface area (Å²) in [4.78, 5) is 13.1. The van der Waals surface area contributed by atoms with Crippen molar-refractivity contribution >= 4 is 11.9 Å². The van der Waals surface area contributed by atoms with Crippen molar-refractivity contribution in [2.24, 2.45) is 0 Å². The summed E-state index contributed by atoms with van der Waals surface area (Å²) in [7, 11) is 0.